The summed E-state index contributed by atoms with van der Waals surface area (Å²) in [5.41, 5.74) is 2.96. The molecule has 0 aliphatic heterocycles. The van der Waals surface area contributed by atoms with E-state index in [4.69, 9.17) is 5.73 Å². The molecule has 0 bridgehead atoms. The fourth-order valence-electron chi connectivity index (χ4n) is 1.38. The number of alkyl halides is 3. The van der Waals surface area contributed by atoms with E-state index in [0.29, 0.717) is 0 Å². The first kappa shape index (κ1) is 11.6. The molecule has 1 saturated carbocycles. The summed E-state index contributed by atoms with van der Waals surface area (Å²) < 4.78 is 37.7. The highest BCUT2D eigenvalue weighted by Crippen LogP contribution is 2.48. The van der Waals surface area contributed by atoms with E-state index in [1.807, 2.05) is 5.32 Å². The number of halogens is 3. The third kappa shape index (κ3) is 2.15. The summed E-state index contributed by atoms with van der Waals surface area (Å²) in [6.45, 7) is 0. The molecule has 0 radical (unpaired) electrons. The van der Waals surface area contributed by atoms with Crippen LogP contribution in [-0.2, 0) is 0 Å². The van der Waals surface area contributed by atoms with Gasteiger partial charge in [0.25, 0.3) is 5.91 Å². The van der Waals surface area contributed by atoms with Crippen LogP contribution in [0.4, 0.5) is 19.0 Å². The third-order valence-corrected chi connectivity index (χ3v) is 2.53. The zero-order valence-electron chi connectivity index (χ0n) is 8.58. The normalized spacial score (nSPS) is 17.6. The summed E-state index contributed by atoms with van der Waals surface area (Å²) in [5, 5.41) is 1.93. The lowest BCUT2D eigenvalue weighted by Crippen LogP contribution is -2.48. The van der Waals surface area contributed by atoms with Gasteiger partial charge in [-0.25, -0.2) is 4.98 Å². The molecular formula is C9H9F3N4O. The fourth-order valence-corrected chi connectivity index (χ4v) is 1.38. The first-order valence-corrected chi connectivity index (χ1v) is 4.81. The molecule has 1 aliphatic rings. The van der Waals surface area contributed by atoms with Gasteiger partial charge < -0.3 is 11.1 Å². The standard InChI is InChI=1S/C9H9F3N4O/c10-9(11,12)8(1-2-8)16-7(17)5-3-14-4-6(13)15-5/h3-4H,1-2H2,(H2,13,15)(H,16,17). The Balaban J connectivity index is 2.13. The highest BCUT2D eigenvalue weighted by atomic mass is 19.4. The molecule has 0 spiro atoms. The van der Waals surface area contributed by atoms with Crippen LogP contribution in [0.1, 0.15) is 23.3 Å². The zero-order valence-corrected chi connectivity index (χ0v) is 8.58. The fraction of sp³-hybridized carbons (Fsp3) is 0.444. The second-order valence-electron chi connectivity index (χ2n) is 3.86. The maximum atomic E-state index is 12.6. The van der Waals surface area contributed by atoms with Crippen molar-refractivity contribution in [2.45, 2.75) is 24.6 Å². The first-order chi connectivity index (χ1) is 7.84. The van der Waals surface area contributed by atoms with Crippen LogP contribution in [0.25, 0.3) is 0 Å². The van der Waals surface area contributed by atoms with E-state index in [2.05, 4.69) is 9.97 Å². The van der Waals surface area contributed by atoms with E-state index in [0.717, 1.165) is 6.20 Å². The quantitative estimate of drug-likeness (QED) is 0.811. The predicted octanol–water partition coefficient (Wildman–Crippen LogP) is 0.883. The van der Waals surface area contributed by atoms with Crippen LogP contribution in [0.3, 0.4) is 0 Å². The van der Waals surface area contributed by atoms with Gasteiger partial charge in [-0.3, -0.25) is 9.78 Å². The molecule has 1 aliphatic carbocycles. The lowest BCUT2D eigenvalue weighted by Gasteiger charge is -2.20. The second kappa shape index (κ2) is 3.57. The van der Waals surface area contributed by atoms with Gasteiger partial charge >= 0.3 is 6.18 Å². The highest BCUT2D eigenvalue weighted by molar-refractivity contribution is 5.93. The minimum atomic E-state index is -4.45. The number of carbonyl (C=O) groups is 1. The molecule has 2 rings (SSSR count). The van der Waals surface area contributed by atoms with Gasteiger partial charge in [-0.1, -0.05) is 0 Å². The van der Waals surface area contributed by atoms with Gasteiger partial charge in [0.15, 0.2) is 0 Å². The average Bonchev–Trinajstić information content (AvgIpc) is 2.98. The van der Waals surface area contributed by atoms with Crippen molar-refractivity contribution < 1.29 is 18.0 Å². The van der Waals surface area contributed by atoms with Crippen molar-refractivity contribution in [1.29, 1.82) is 0 Å². The largest absolute Gasteiger partial charge is 0.411 e. The molecule has 1 aromatic heterocycles. The van der Waals surface area contributed by atoms with Gasteiger partial charge in [0.2, 0.25) is 0 Å². The highest BCUT2D eigenvalue weighted by Gasteiger charge is 2.64. The van der Waals surface area contributed by atoms with Crippen molar-refractivity contribution in [2.75, 3.05) is 5.73 Å². The molecule has 1 fully saturated rings. The van der Waals surface area contributed by atoms with Crippen LogP contribution in [0.2, 0.25) is 0 Å². The van der Waals surface area contributed by atoms with Crippen LogP contribution >= 0.6 is 0 Å². The number of nitrogens with zero attached hydrogens (tertiary/aromatic N) is 2. The maximum absolute atomic E-state index is 12.6. The SMILES string of the molecule is Nc1cncc(C(=O)NC2(C(F)(F)F)CC2)n1. The lowest BCUT2D eigenvalue weighted by molar-refractivity contribution is -0.163. The molecule has 92 valence electrons. The first-order valence-electron chi connectivity index (χ1n) is 4.81. The average molecular weight is 246 g/mol. The van der Waals surface area contributed by atoms with E-state index in [1.165, 1.54) is 6.20 Å². The molecule has 0 unspecified atom stereocenters. The second-order valence-corrected chi connectivity index (χ2v) is 3.86. The van der Waals surface area contributed by atoms with Gasteiger partial charge in [0.05, 0.1) is 12.4 Å². The van der Waals surface area contributed by atoms with Gasteiger partial charge in [-0.15, -0.1) is 0 Å². The lowest BCUT2D eigenvalue weighted by atomic mass is 10.2. The molecule has 5 nitrogen and oxygen atoms in total. The van der Waals surface area contributed by atoms with E-state index in [-0.39, 0.29) is 24.4 Å². The van der Waals surface area contributed by atoms with Gasteiger partial charge in [0.1, 0.15) is 17.1 Å². The predicted molar refractivity (Wildman–Crippen MR) is 51.9 cm³/mol. The number of rotatable bonds is 2. The van der Waals surface area contributed by atoms with Crippen molar-refractivity contribution in [1.82, 2.24) is 15.3 Å². The van der Waals surface area contributed by atoms with Gasteiger partial charge in [0, 0.05) is 0 Å². The number of nitrogen functional groups attached to an aromatic ring is 1. The number of carbonyl (C=O) groups excluding carboxylic acids is 1. The molecule has 1 heterocycles. The van der Waals surface area contributed by atoms with E-state index < -0.39 is 17.6 Å². The van der Waals surface area contributed by atoms with Gasteiger partial charge in [-0.2, -0.15) is 13.2 Å². The molecule has 0 saturated heterocycles. The van der Waals surface area contributed by atoms with Crippen molar-refractivity contribution in [3.63, 3.8) is 0 Å². The number of hydrogen-bond acceptors (Lipinski definition) is 4. The Morgan fingerprint density at radius 2 is 2.06 bits per heavy atom. The summed E-state index contributed by atoms with van der Waals surface area (Å²) in [7, 11) is 0. The minimum absolute atomic E-state index is 0.0190. The molecule has 1 aromatic rings. The Morgan fingerprint density at radius 1 is 1.41 bits per heavy atom. The molecule has 1 amide bonds. The van der Waals surface area contributed by atoms with Crippen LogP contribution in [-0.4, -0.2) is 27.6 Å². The topological polar surface area (TPSA) is 80.9 Å². The summed E-state index contributed by atoms with van der Waals surface area (Å²) in [6.07, 6.45) is -2.40. The van der Waals surface area contributed by atoms with Gasteiger partial charge in [-0.05, 0) is 12.8 Å². The molecule has 3 N–H and O–H groups in total. The third-order valence-electron chi connectivity index (χ3n) is 2.53. The van der Waals surface area contributed by atoms with Crippen molar-refractivity contribution >= 4 is 11.7 Å². The Hall–Kier alpha value is -1.86. The van der Waals surface area contributed by atoms with Crippen LogP contribution in [0.15, 0.2) is 12.4 Å². The Kier molecular flexibility index (Phi) is 2.44. The van der Waals surface area contributed by atoms with Crippen molar-refractivity contribution in [3.8, 4) is 0 Å². The number of amides is 1. The number of aromatic nitrogens is 2. The Labute approximate surface area is 94.2 Å². The molecule has 0 aromatic carbocycles. The van der Waals surface area contributed by atoms with Crippen LogP contribution < -0.4 is 11.1 Å². The number of hydrogen-bond donors (Lipinski definition) is 2. The maximum Gasteiger partial charge on any atom is 0.411 e. The van der Waals surface area contributed by atoms with E-state index in [1.54, 1.807) is 0 Å². The van der Waals surface area contributed by atoms with Crippen LogP contribution in [0, 0.1) is 0 Å². The molecule has 8 heteroatoms. The van der Waals surface area contributed by atoms with Crippen molar-refractivity contribution in [3.05, 3.63) is 18.1 Å². The summed E-state index contributed by atoms with van der Waals surface area (Å²) in [4.78, 5) is 18.7. The molecule has 17 heavy (non-hydrogen) atoms. The number of nitrogens with one attached hydrogen (secondary N) is 1. The summed E-state index contributed by atoms with van der Waals surface area (Å²) in [6, 6.07) is 0. The van der Waals surface area contributed by atoms with Crippen LogP contribution in [0.5, 0.6) is 0 Å². The van der Waals surface area contributed by atoms with E-state index in [9.17, 15) is 18.0 Å². The Bertz CT molecular complexity index is 456. The summed E-state index contributed by atoms with van der Waals surface area (Å²) >= 11 is 0. The van der Waals surface area contributed by atoms with E-state index >= 15 is 0 Å². The molecular weight excluding hydrogens is 237 g/mol. The van der Waals surface area contributed by atoms with Crippen molar-refractivity contribution in [2.24, 2.45) is 0 Å². The molecule has 0 atom stereocenters. The number of anilines is 1. The Morgan fingerprint density at radius 3 is 2.53 bits per heavy atom. The summed E-state index contributed by atoms with van der Waals surface area (Å²) in [5.74, 6) is -0.936. The number of nitrogens with two attached hydrogens (primary N) is 1. The zero-order chi connectivity index (χ0) is 12.7. The smallest absolute Gasteiger partial charge is 0.382 e. The monoisotopic (exact) mass is 246 g/mol. The minimum Gasteiger partial charge on any atom is -0.382 e.